The van der Waals surface area contributed by atoms with E-state index >= 15 is 0 Å². The third-order valence-corrected chi connectivity index (χ3v) is 3.52. The molecule has 2 atom stereocenters. The highest BCUT2D eigenvalue weighted by molar-refractivity contribution is 5.81. The molecule has 110 valence electrons. The number of hydrogen-bond donors (Lipinski definition) is 3. The average molecular weight is 281 g/mol. The number of aliphatic carboxylic acids is 1. The maximum Gasteiger partial charge on any atom is 0.325 e. The number of carboxylic acid groups (broad SMARTS) is 1. The Hall–Kier alpha value is -1.86. The fourth-order valence-corrected chi connectivity index (χ4v) is 2.32. The van der Waals surface area contributed by atoms with E-state index in [4.69, 9.17) is 15.3 Å². The maximum absolute atomic E-state index is 11.9. The highest BCUT2D eigenvalue weighted by Gasteiger charge is 2.41. The molecule has 2 unspecified atom stereocenters. The van der Waals surface area contributed by atoms with Crippen LogP contribution >= 0.6 is 0 Å². The number of furan rings is 1. The summed E-state index contributed by atoms with van der Waals surface area (Å²) in [4.78, 5) is 24.7. The molecular formula is C13H19N3O4. The molecule has 2 rings (SSSR count). The van der Waals surface area contributed by atoms with Crippen LogP contribution in [0.25, 0.3) is 0 Å². The van der Waals surface area contributed by atoms with E-state index in [1.54, 1.807) is 23.3 Å². The SMILES string of the molecule is CC(NC(=O)CN1CCC(N)(C(=O)O)C1)c1ccco1. The number of carbonyl (C=O) groups is 2. The molecule has 0 radical (unpaired) electrons. The molecule has 1 aliphatic rings. The van der Waals surface area contributed by atoms with Crippen LogP contribution in [0.1, 0.15) is 25.1 Å². The summed E-state index contributed by atoms with van der Waals surface area (Å²) in [6.07, 6.45) is 1.90. The molecule has 1 fully saturated rings. The van der Waals surface area contributed by atoms with Crippen molar-refractivity contribution >= 4 is 11.9 Å². The second-order valence-electron chi connectivity index (χ2n) is 5.23. The molecule has 4 N–H and O–H groups in total. The van der Waals surface area contributed by atoms with Crippen molar-refractivity contribution in [2.24, 2.45) is 5.73 Å². The van der Waals surface area contributed by atoms with Gasteiger partial charge in [0.2, 0.25) is 5.91 Å². The van der Waals surface area contributed by atoms with Crippen LogP contribution in [0.3, 0.4) is 0 Å². The Bertz CT molecular complexity index is 488. The van der Waals surface area contributed by atoms with Gasteiger partial charge in [-0.1, -0.05) is 0 Å². The maximum atomic E-state index is 11.9. The summed E-state index contributed by atoms with van der Waals surface area (Å²) in [6, 6.07) is 3.33. The van der Waals surface area contributed by atoms with Crippen molar-refractivity contribution < 1.29 is 19.1 Å². The first-order chi connectivity index (χ1) is 9.40. The summed E-state index contributed by atoms with van der Waals surface area (Å²) < 4.78 is 5.20. The molecular weight excluding hydrogens is 262 g/mol. The molecule has 1 aliphatic heterocycles. The van der Waals surface area contributed by atoms with Gasteiger partial charge in [0.05, 0.1) is 18.8 Å². The van der Waals surface area contributed by atoms with Gasteiger partial charge in [-0.05, 0) is 25.5 Å². The molecule has 0 bridgehead atoms. The van der Waals surface area contributed by atoms with Crippen LogP contribution in [0.2, 0.25) is 0 Å². The number of hydrogen-bond acceptors (Lipinski definition) is 5. The van der Waals surface area contributed by atoms with Gasteiger partial charge < -0.3 is 20.6 Å². The van der Waals surface area contributed by atoms with Gasteiger partial charge in [0.15, 0.2) is 0 Å². The highest BCUT2D eigenvalue weighted by atomic mass is 16.4. The summed E-state index contributed by atoms with van der Waals surface area (Å²) in [6.45, 7) is 2.65. The van der Waals surface area contributed by atoms with E-state index in [9.17, 15) is 9.59 Å². The molecule has 1 aromatic heterocycles. The average Bonchev–Trinajstić information content (AvgIpc) is 2.99. The van der Waals surface area contributed by atoms with Gasteiger partial charge >= 0.3 is 5.97 Å². The van der Waals surface area contributed by atoms with Crippen LogP contribution in [0.5, 0.6) is 0 Å². The molecule has 1 aromatic rings. The van der Waals surface area contributed by atoms with Gasteiger partial charge in [0.25, 0.3) is 0 Å². The van der Waals surface area contributed by atoms with E-state index in [-0.39, 0.29) is 25.0 Å². The minimum atomic E-state index is -1.24. The molecule has 20 heavy (non-hydrogen) atoms. The Kier molecular flexibility index (Phi) is 4.10. The van der Waals surface area contributed by atoms with Crippen LogP contribution in [0.4, 0.5) is 0 Å². The molecule has 0 spiro atoms. The van der Waals surface area contributed by atoms with Crippen LogP contribution in [-0.2, 0) is 9.59 Å². The lowest BCUT2D eigenvalue weighted by Gasteiger charge is -2.20. The standard InChI is InChI=1S/C13H19N3O4/c1-9(10-3-2-6-20-10)15-11(17)7-16-5-4-13(14,8-16)12(18)19/h2-3,6,9H,4-5,7-8,14H2,1H3,(H,15,17)(H,18,19). The van der Waals surface area contributed by atoms with Crippen molar-refractivity contribution in [2.75, 3.05) is 19.6 Å². The first-order valence-electron chi connectivity index (χ1n) is 6.48. The van der Waals surface area contributed by atoms with E-state index in [0.717, 1.165) is 0 Å². The largest absolute Gasteiger partial charge is 0.480 e. The van der Waals surface area contributed by atoms with Gasteiger partial charge in [-0.15, -0.1) is 0 Å². The monoisotopic (exact) mass is 281 g/mol. The normalized spacial score (nSPS) is 24.5. The molecule has 2 heterocycles. The lowest BCUT2D eigenvalue weighted by molar-refractivity contribution is -0.143. The van der Waals surface area contributed by atoms with Crippen LogP contribution < -0.4 is 11.1 Å². The smallest absolute Gasteiger partial charge is 0.325 e. The van der Waals surface area contributed by atoms with Crippen molar-refractivity contribution in [2.45, 2.75) is 24.9 Å². The number of amides is 1. The zero-order chi connectivity index (χ0) is 14.8. The van der Waals surface area contributed by atoms with E-state index in [2.05, 4.69) is 5.32 Å². The Morgan fingerprint density at radius 3 is 2.95 bits per heavy atom. The van der Waals surface area contributed by atoms with Gasteiger partial charge in [0.1, 0.15) is 11.3 Å². The summed E-state index contributed by atoms with van der Waals surface area (Å²) in [5.74, 6) is -0.522. The number of carboxylic acids is 1. The zero-order valence-electron chi connectivity index (χ0n) is 11.3. The zero-order valence-corrected chi connectivity index (χ0v) is 11.3. The Balaban J connectivity index is 1.83. The summed E-state index contributed by atoms with van der Waals surface area (Å²) in [5.41, 5.74) is 4.52. The Labute approximate surface area is 116 Å². The van der Waals surface area contributed by atoms with Gasteiger partial charge in [-0.2, -0.15) is 0 Å². The quantitative estimate of drug-likeness (QED) is 0.698. The second kappa shape index (κ2) is 5.64. The lowest BCUT2D eigenvalue weighted by atomic mass is 10.0. The van der Waals surface area contributed by atoms with Gasteiger partial charge in [-0.25, -0.2) is 0 Å². The van der Waals surface area contributed by atoms with E-state index in [0.29, 0.717) is 18.7 Å². The van der Waals surface area contributed by atoms with Gasteiger partial charge in [-0.3, -0.25) is 14.5 Å². The minimum absolute atomic E-state index is 0.136. The Morgan fingerprint density at radius 1 is 1.65 bits per heavy atom. The van der Waals surface area contributed by atoms with Crippen molar-refractivity contribution in [1.29, 1.82) is 0 Å². The van der Waals surface area contributed by atoms with Crippen molar-refractivity contribution in [3.05, 3.63) is 24.2 Å². The van der Waals surface area contributed by atoms with Crippen LogP contribution in [0.15, 0.2) is 22.8 Å². The number of rotatable bonds is 5. The van der Waals surface area contributed by atoms with E-state index in [1.807, 2.05) is 6.92 Å². The fraction of sp³-hybridized carbons (Fsp3) is 0.538. The number of nitrogens with zero attached hydrogens (tertiary/aromatic N) is 1. The van der Waals surface area contributed by atoms with Crippen LogP contribution in [-0.4, -0.2) is 47.1 Å². The second-order valence-corrected chi connectivity index (χ2v) is 5.23. The topological polar surface area (TPSA) is 109 Å². The summed E-state index contributed by atoms with van der Waals surface area (Å²) in [7, 11) is 0. The molecule has 7 nitrogen and oxygen atoms in total. The predicted octanol–water partition coefficient (Wildman–Crippen LogP) is -0.0554. The van der Waals surface area contributed by atoms with E-state index in [1.165, 1.54) is 0 Å². The first-order valence-corrected chi connectivity index (χ1v) is 6.48. The van der Waals surface area contributed by atoms with Crippen molar-refractivity contribution in [3.63, 3.8) is 0 Å². The molecule has 0 saturated carbocycles. The number of carbonyl (C=O) groups excluding carboxylic acids is 1. The molecule has 0 aliphatic carbocycles. The summed E-state index contributed by atoms with van der Waals surface area (Å²) in [5, 5.41) is 11.8. The van der Waals surface area contributed by atoms with Crippen molar-refractivity contribution in [3.8, 4) is 0 Å². The molecule has 0 aromatic carbocycles. The highest BCUT2D eigenvalue weighted by Crippen LogP contribution is 2.19. The van der Waals surface area contributed by atoms with Crippen LogP contribution in [0, 0.1) is 0 Å². The Morgan fingerprint density at radius 2 is 2.40 bits per heavy atom. The minimum Gasteiger partial charge on any atom is -0.480 e. The van der Waals surface area contributed by atoms with Crippen molar-refractivity contribution in [1.82, 2.24) is 10.2 Å². The number of nitrogens with two attached hydrogens (primary N) is 1. The number of likely N-dealkylation sites (tertiary alicyclic amines) is 1. The molecule has 7 heteroatoms. The number of nitrogens with one attached hydrogen (secondary N) is 1. The molecule has 1 amide bonds. The predicted molar refractivity (Wildman–Crippen MR) is 70.9 cm³/mol. The van der Waals surface area contributed by atoms with Gasteiger partial charge in [0, 0.05) is 13.1 Å². The fourth-order valence-electron chi connectivity index (χ4n) is 2.32. The third kappa shape index (κ3) is 3.17. The summed E-state index contributed by atoms with van der Waals surface area (Å²) >= 11 is 0. The third-order valence-electron chi connectivity index (χ3n) is 3.52. The molecule has 1 saturated heterocycles. The first kappa shape index (κ1) is 14.5. The lowest BCUT2D eigenvalue weighted by Crippen LogP contribution is -2.50. The van der Waals surface area contributed by atoms with E-state index < -0.39 is 11.5 Å².